The van der Waals surface area contributed by atoms with Crippen LogP contribution in [-0.4, -0.2) is 38.3 Å². The summed E-state index contributed by atoms with van der Waals surface area (Å²) in [6.07, 6.45) is 1.74. The highest BCUT2D eigenvalue weighted by molar-refractivity contribution is 7.03. The molecule has 110 valence electrons. The van der Waals surface area contributed by atoms with Gasteiger partial charge in [-0.2, -0.15) is 19.4 Å². The number of aryl methyl sites for hydroxylation is 1. The molecule has 21 heavy (non-hydrogen) atoms. The molecule has 3 aromatic heterocycles. The zero-order valence-corrected chi connectivity index (χ0v) is 12.8. The monoisotopic (exact) mass is 305 g/mol. The maximum atomic E-state index is 5.80. The van der Waals surface area contributed by atoms with Crippen molar-refractivity contribution in [1.82, 2.24) is 24.1 Å². The van der Waals surface area contributed by atoms with Gasteiger partial charge in [-0.1, -0.05) is 0 Å². The quantitative estimate of drug-likeness (QED) is 0.769. The molecule has 9 heteroatoms. The Morgan fingerprint density at radius 2 is 2.24 bits per heavy atom. The lowest BCUT2D eigenvalue weighted by atomic mass is 10.3. The van der Waals surface area contributed by atoms with Gasteiger partial charge in [0.2, 0.25) is 11.8 Å². The minimum Gasteiger partial charge on any atom is -0.480 e. The number of aromatic nitrogens is 5. The summed E-state index contributed by atoms with van der Waals surface area (Å²) < 4.78 is 11.1. The first-order valence-electron chi connectivity index (χ1n) is 6.23. The highest BCUT2D eigenvalue weighted by atomic mass is 32.1. The molecule has 3 heterocycles. The van der Waals surface area contributed by atoms with Crippen LogP contribution < -0.4 is 15.4 Å². The van der Waals surface area contributed by atoms with E-state index in [0.29, 0.717) is 18.1 Å². The fourth-order valence-electron chi connectivity index (χ4n) is 2.17. The standard InChI is InChI=1S/C12H15N7OS/c1-18(5-7-6-21-17-11(7)20-3)9-8-4-14-19(2)10(8)16-12(13)15-9/h4,6H,5H2,1-3H3,(H2,13,15,16). The zero-order valence-electron chi connectivity index (χ0n) is 11.9. The Hall–Kier alpha value is -2.42. The predicted octanol–water partition coefficient (Wildman–Crippen LogP) is 1.05. The Morgan fingerprint density at radius 3 is 3.00 bits per heavy atom. The van der Waals surface area contributed by atoms with Crippen LogP contribution in [-0.2, 0) is 13.6 Å². The number of nitrogens with zero attached hydrogens (tertiary/aromatic N) is 6. The second kappa shape index (κ2) is 5.17. The van der Waals surface area contributed by atoms with Crippen molar-refractivity contribution >= 4 is 34.3 Å². The van der Waals surface area contributed by atoms with Crippen LogP contribution in [0.5, 0.6) is 5.88 Å². The lowest BCUT2D eigenvalue weighted by Crippen LogP contribution is -2.19. The van der Waals surface area contributed by atoms with Crippen LogP contribution in [0.25, 0.3) is 11.0 Å². The van der Waals surface area contributed by atoms with Gasteiger partial charge in [0, 0.05) is 25.0 Å². The van der Waals surface area contributed by atoms with Crippen molar-refractivity contribution in [3.05, 3.63) is 17.1 Å². The minimum atomic E-state index is 0.225. The van der Waals surface area contributed by atoms with Gasteiger partial charge in [0.15, 0.2) is 5.65 Å². The molecule has 0 fully saturated rings. The molecule has 0 aliphatic carbocycles. The van der Waals surface area contributed by atoms with Gasteiger partial charge in [0.25, 0.3) is 0 Å². The second-order valence-electron chi connectivity index (χ2n) is 4.62. The summed E-state index contributed by atoms with van der Waals surface area (Å²) in [5, 5.41) is 7.02. The summed E-state index contributed by atoms with van der Waals surface area (Å²) in [4.78, 5) is 10.5. The number of nitrogens with two attached hydrogens (primary N) is 1. The Balaban J connectivity index is 1.99. The van der Waals surface area contributed by atoms with Gasteiger partial charge in [-0.25, -0.2) is 0 Å². The Kier molecular flexibility index (Phi) is 3.34. The van der Waals surface area contributed by atoms with E-state index in [2.05, 4.69) is 19.4 Å². The van der Waals surface area contributed by atoms with Crippen LogP contribution >= 0.6 is 11.5 Å². The fourth-order valence-corrected chi connectivity index (χ4v) is 2.81. The average molecular weight is 305 g/mol. The van der Waals surface area contributed by atoms with Gasteiger partial charge in [-0.3, -0.25) is 4.68 Å². The second-order valence-corrected chi connectivity index (χ2v) is 5.25. The number of nitrogen functional groups attached to an aromatic ring is 1. The molecule has 0 atom stereocenters. The molecule has 0 unspecified atom stereocenters. The first-order chi connectivity index (χ1) is 10.1. The molecule has 0 amide bonds. The maximum absolute atomic E-state index is 5.80. The van der Waals surface area contributed by atoms with Crippen LogP contribution in [0.15, 0.2) is 11.6 Å². The van der Waals surface area contributed by atoms with Crippen molar-refractivity contribution in [2.45, 2.75) is 6.54 Å². The van der Waals surface area contributed by atoms with Crippen molar-refractivity contribution in [2.75, 3.05) is 24.8 Å². The molecular formula is C12H15N7OS. The molecule has 0 radical (unpaired) electrons. The number of hydrogen-bond acceptors (Lipinski definition) is 8. The molecule has 0 aliphatic rings. The van der Waals surface area contributed by atoms with E-state index in [9.17, 15) is 0 Å². The first-order valence-corrected chi connectivity index (χ1v) is 7.07. The zero-order chi connectivity index (χ0) is 15.0. The number of ether oxygens (including phenoxy) is 1. The van der Waals surface area contributed by atoms with Crippen LogP contribution in [0.4, 0.5) is 11.8 Å². The molecule has 0 spiro atoms. The SMILES string of the molecule is COc1nscc1CN(C)c1nc(N)nc2c1cnn2C. The predicted molar refractivity (Wildman–Crippen MR) is 81.5 cm³/mol. The van der Waals surface area contributed by atoms with Crippen molar-refractivity contribution < 1.29 is 4.74 Å². The molecule has 0 saturated heterocycles. The fraction of sp³-hybridized carbons (Fsp3) is 0.333. The van der Waals surface area contributed by atoms with E-state index in [1.165, 1.54) is 11.5 Å². The number of rotatable bonds is 4. The summed E-state index contributed by atoms with van der Waals surface area (Å²) in [6, 6.07) is 0. The van der Waals surface area contributed by atoms with Crippen LogP contribution in [0.1, 0.15) is 5.56 Å². The normalized spacial score (nSPS) is 11.0. The van der Waals surface area contributed by atoms with E-state index >= 15 is 0 Å². The van der Waals surface area contributed by atoms with E-state index in [0.717, 1.165) is 16.8 Å². The molecule has 0 bridgehead atoms. The van der Waals surface area contributed by atoms with E-state index in [1.54, 1.807) is 18.0 Å². The third kappa shape index (κ3) is 2.35. The molecule has 0 aromatic carbocycles. The molecule has 0 saturated carbocycles. The summed E-state index contributed by atoms with van der Waals surface area (Å²) >= 11 is 1.36. The number of hydrogen-bond donors (Lipinski definition) is 1. The van der Waals surface area contributed by atoms with Crippen molar-refractivity contribution in [3.63, 3.8) is 0 Å². The molecule has 3 aromatic rings. The third-order valence-corrected chi connectivity index (χ3v) is 3.82. The summed E-state index contributed by atoms with van der Waals surface area (Å²) in [7, 11) is 5.37. The molecular weight excluding hydrogens is 290 g/mol. The topological polar surface area (TPSA) is 95.0 Å². The minimum absolute atomic E-state index is 0.225. The van der Waals surface area contributed by atoms with Gasteiger partial charge in [0.1, 0.15) is 5.82 Å². The Labute approximate surface area is 125 Å². The lowest BCUT2D eigenvalue weighted by molar-refractivity contribution is 0.397. The highest BCUT2D eigenvalue weighted by Gasteiger charge is 2.16. The maximum Gasteiger partial charge on any atom is 0.229 e. The Bertz CT molecular complexity index is 781. The first kappa shape index (κ1) is 13.6. The number of methoxy groups -OCH3 is 1. The van der Waals surface area contributed by atoms with Gasteiger partial charge in [0.05, 0.1) is 25.2 Å². The van der Waals surface area contributed by atoms with Crippen molar-refractivity contribution in [2.24, 2.45) is 7.05 Å². The van der Waals surface area contributed by atoms with Gasteiger partial charge >= 0.3 is 0 Å². The smallest absolute Gasteiger partial charge is 0.229 e. The van der Waals surface area contributed by atoms with Crippen LogP contribution in [0.2, 0.25) is 0 Å². The highest BCUT2D eigenvalue weighted by Crippen LogP contribution is 2.27. The van der Waals surface area contributed by atoms with Crippen molar-refractivity contribution in [3.8, 4) is 5.88 Å². The van der Waals surface area contributed by atoms with Gasteiger partial charge in [-0.15, -0.1) is 0 Å². The summed E-state index contributed by atoms with van der Waals surface area (Å²) in [6.45, 7) is 0.611. The summed E-state index contributed by atoms with van der Waals surface area (Å²) in [5.41, 5.74) is 7.50. The average Bonchev–Trinajstić information content (AvgIpc) is 3.05. The van der Waals surface area contributed by atoms with Crippen molar-refractivity contribution in [1.29, 1.82) is 0 Å². The number of anilines is 2. The van der Waals surface area contributed by atoms with E-state index in [4.69, 9.17) is 10.5 Å². The van der Waals surface area contributed by atoms with E-state index < -0.39 is 0 Å². The van der Waals surface area contributed by atoms with Crippen LogP contribution in [0.3, 0.4) is 0 Å². The number of fused-ring (bicyclic) bond motifs is 1. The molecule has 2 N–H and O–H groups in total. The van der Waals surface area contributed by atoms with Gasteiger partial charge in [-0.05, 0) is 11.5 Å². The Morgan fingerprint density at radius 1 is 1.43 bits per heavy atom. The summed E-state index contributed by atoms with van der Waals surface area (Å²) in [5.74, 6) is 1.60. The third-order valence-electron chi connectivity index (χ3n) is 3.16. The van der Waals surface area contributed by atoms with E-state index in [-0.39, 0.29) is 5.95 Å². The lowest BCUT2D eigenvalue weighted by Gasteiger charge is -2.18. The van der Waals surface area contributed by atoms with E-state index in [1.807, 2.05) is 24.4 Å². The molecule has 3 rings (SSSR count). The molecule has 0 aliphatic heterocycles. The van der Waals surface area contributed by atoms with Gasteiger partial charge < -0.3 is 15.4 Å². The molecule has 8 nitrogen and oxygen atoms in total. The van der Waals surface area contributed by atoms with Crippen LogP contribution in [0, 0.1) is 0 Å². The largest absolute Gasteiger partial charge is 0.480 e.